The zero-order valence-electron chi connectivity index (χ0n) is 67.2. The van der Waals surface area contributed by atoms with E-state index in [2.05, 4.69) is 73.4 Å². The van der Waals surface area contributed by atoms with E-state index in [9.17, 15) is 28.8 Å². The van der Waals surface area contributed by atoms with Crippen molar-refractivity contribution in [3.8, 4) is 34.5 Å². The van der Waals surface area contributed by atoms with Crippen LogP contribution in [0.5, 0.6) is 34.5 Å². The van der Waals surface area contributed by atoms with Gasteiger partial charge in [0.25, 0.3) is 0 Å². The van der Waals surface area contributed by atoms with Crippen molar-refractivity contribution in [3.63, 3.8) is 0 Å². The molecule has 0 fully saturated rings. The average molecular weight is 1500 g/mol. The SMILES string of the molecule is CCCCCCCCCN/C=C/C(=O)Oc1cc2c3cc(OC(=O)/C=C/NCCCCCCCCC)c(OC(=O)/C=C/NCCCCCCCCC)cc3c3cc(OC(=O)/C=C/NCCCCCCCCC)c(OC(=O)/C=C/NCCCCCCCCC)cc3c2cc1OC(=O)/C=C/NCCCCCCCCC. The van der Waals surface area contributed by atoms with E-state index in [1.807, 2.05) is 0 Å². The van der Waals surface area contributed by atoms with Gasteiger partial charge in [-0.15, -0.1) is 0 Å². The molecule has 0 atom stereocenters. The molecule has 108 heavy (non-hydrogen) atoms. The Kier molecular flexibility index (Phi) is 52.5. The fourth-order valence-corrected chi connectivity index (χ4v) is 12.7. The monoisotopic (exact) mass is 1500 g/mol. The minimum atomic E-state index is -0.774. The van der Waals surface area contributed by atoms with Gasteiger partial charge in [-0.1, -0.05) is 273 Å². The number of carbonyl (C=O) groups excluding carboxylic acids is 6. The molecule has 0 aliphatic carbocycles. The van der Waals surface area contributed by atoms with Crippen LogP contribution in [-0.4, -0.2) is 75.1 Å². The summed E-state index contributed by atoms with van der Waals surface area (Å²) in [6, 6.07) is 9.30. The Bertz CT molecular complexity index is 2780. The van der Waals surface area contributed by atoms with Crippen LogP contribution in [0.1, 0.15) is 311 Å². The lowest BCUT2D eigenvalue weighted by atomic mass is 9.93. The van der Waals surface area contributed by atoms with Crippen LogP contribution >= 0.6 is 0 Å². The maximum absolute atomic E-state index is 14.1. The van der Waals surface area contributed by atoms with Gasteiger partial charge in [-0.05, 0) is 107 Å². The molecule has 4 rings (SSSR count). The van der Waals surface area contributed by atoms with Gasteiger partial charge >= 0.3 is 35.8 Å². The summed E-state index contributed by atoms with van der Waals surface area (Å²) in [6.45, 7) is 17.1. The molecular weight excluding hydrogens is 1360 g/mol. The Morgan fingerprint density at radius 3 is 0.454 bits per heavy atom. The first-order valence-corrected chi connectivity index (χ1v) is 42.2. The molecule has 4 aromatic carbocycles. The van der Waals surface area contributed by atoms with Gasteiger partial charge in [-0.25, -0.2) is 28.8 Å². The molecule has 0 heterocycles. The number of ether oxygens (including phenoxy) is 6. The Hall–Kier alpha value is -8.28. The molecular formula is C90H138N6O12. The van der Waals surface area contributed by atoms with Gasteiger partial charge in [0.05, 0.1) is 0 Å². The van der Waals surface area contributed by atoms with E-state index >= 15 is 0 Å². The summed E-state index contributed by atoms with van der Waals surface area (Å²) in [5, 5.41) is 21.5. The summed E-state index contributed by atoms with van der Waals surface area (Å²) >= 11 is 0. The standard InChI is InChI=1S/C90H138N6O12/c1-7-13-19-25-31-37-43-55-91-61-49-85(97)103-79-67-73-74(68-80(79)104-86(98)50-62-92-56-44-38-32-26-20-14-8-2)76-70-82(106-88(100)52-64-94-58-46-40-34-28-22-16-10-4)84(108-90(102)54-66-96-60-48-42-36-30-24-18-12-6)72-78(76)77-71-83(107-89(101)53-65-95-59-47-41-35-29-23-17-11-5)81(69-75(73)77)105-87(99)51-63-93-57-45-39-33-27-21-15-9-3/h49-54,61-72,91-96H,7-48,55-60H2,1-6H3/b61-49+,62-50+,63-51+,64-52+,65-53+,66-54+. The molecule has 0 spiro atoms. The Balaban J connectivity index is 1.98. The summed E-state index contributed by atoms with van der Waals surface area (Å²) in [5.74, 6) is -5.48. The van der Waals surface area contributed by atoms with Crippen molar-refractivity contribution < 1.29 is 57.2 Å². The molecule has 0 saturated heterocycles. The molecule has 0 aliphatic heterocycles. The van der Waals surface area contributed by atoms with Crippen molar-refractivity contribution in [1.82, 2.24) is 31.9 Å². The zero-order valence-corrected chi connectivity index (χ0v) is 67.2. The van der Waals surface area contributed by atoms with Crippen molar-refractivity contribution in [2.75, 3.05) is 39.3 Å². The number of benzene rings is 4. The highest BCUT2D eigenvalue weighted by Crippen LogP contribution is 2.47. The van der Waals surface area contributed by atoms with Gasteiger partial charge in [-0.2, -0.15) is 0 Å². The summed E-state index contributed by atoms with van der Waals surface area (Å²) in [5.41, 5.74) is 0. The first-order chi connectivity index (χ1) is 53.0. The Morgan fingerprint density at radius 2 is 0.324 bits per heavy atom. The molecule has 0 unspecified atom stereocenters. The Morgan fingerprint density at radius 1 is 0.204 bits per heavy atom. The third-order valence-corrected chi connectivity index (χ3v) is 19.0. The summed E-state index contributed by atoms with van der Waals surface area (Å²) < 4.78 is 36.9. The molecule has 0 bridgehead atoms. The van der Waals surface area contributed by atoms with E-state index in [0.717, 1.165) is 116 Å². The minimum Gasteiger partial charge on any atom is -0.419 e. The van der Waals surface area contributed by atoms with Gasteiger partial charge in [0.2, 0.25) is 0 Å². The lowest BCUT2D eigenvalue weighted by Crippen LogP contribution is -2.13. The number of unbranched alkanes of at least 4 members (excludes halogenated alkanes) is 36. The van der Waals surface area contributed by atoms with Crippen molar-refractivity contribution in [1.29, 1.82) is 0 Å². The molecule has 18 nitrogen and oxygen atoms in total. The van der Waals surface area contributed by atoms with E-state index in [4.69, 9.17) is 28.4 Å². The van der Waals surface area contributed by atoms with Crippen LogP contribution in [-0.2, 0) is 28.8 Å². The van der Waals surface area contributed by atoms with Crippen molar-refractivity contribution in [3.05, 3.63) is 110 Å². The highest BCUT2D eigenvalue weighted by Gasteiger charge is 2.24. The summed E-state index contributed by atoms with van der Waals surface area (Å²) in [7, 11) is 0. The highest BCUT2D eigenvalue weighted by atomic mass is 16.6. The second-order valence-electron chi connectivity index (χ2n) is 28.5. The molecule has 18 heteroatoms. The number of rotatable bonds is 66. The number of hydrogen-bond acceptors (Lipinski definition) is 18. The molecule has 0 aliphatic rings. The first kappa shape index (κ1) is 92.1. The smallest absolute Gasteiger partial charge is 0.337 e. The van der Waals surface area contributed by atoms with Crippen LogP contribution in [0, 0.1) is 0 Å². The lowest BCUT2D eigenvalue weighted by molar-refractivity contribution is -0.131. The van der Waals surface area contributed by atoms with Gasteiger partial charge < -0.3 is 60.3 Å². The maximum atomic E-state index is 14.1. The van der Waals surface area contributed by atoms with E-state index in [0.29, 0.717) is 71.6 Å². The van der Waals surface area contributed by atoms with Crippen LogP contribution < -0.4 is 60.3 Å². The quantitative estimate of drug-likeness (QED) is 0.00793. The fourth-order valence-electron chi connectivity index (χ4n) is 12.7. The molecule has 0 amide bonds. The highest BCUT2D eigenvalue weighted by molar-refractivity contribution is 6.27. The number of fused-ring (bicyclic) bond motifs is 6. The van der Waals surface area contributed by atoms with E-state index in [-0.39, 0.29) is 34.5 Å². The molecule has 600 valence electrons. The topological polar surface area (TPSA) is 230 Å². The second-order valence-corrected chi connectivity index (χ2v) is 28.5. The van der Waals surface area contributed by atoms with Gasteiger partial charge in [0, 0.05) is 113 Å². The number of hydrogen-bond donors (Lipinski definition) is 6. The lowest BCUT2D eigenvalue weighted by Gasteiger charge is -2.18. The van der Waals surface area contributed by atoms with E-state index in [1.54, 1.807) is 36.4 Å². The maximum Gasteiger partial charge on any atom is 0.337 e. The minimum absolute atomic E-state index is 0.139. The third-order valence-electron chi connectivity index (χ3n) is 19.0. The van der Waals surface area contributed by atoms with Gasteiger partial charge in [0.1, 0.15) is 0 Å². The van der Waals surface area contributed by atoms with Crippen LogP contribution in [0.25, 0.3) is 32.3 Å². The summed E-state index contributed by atoms with van der Waals surface area (Å²) in [4.78, 5) is 84.3. The molecule has 6 N–H and O–H groups in total. The predicted molar refractivity (Wildman–Crippen MR) is 444 cm³/mol. The van der Waals surface area contributed by atoms with E-state index in [1.165, 1.54) is 228 Å². The number of nitrogens with one attached hydrogen (secondary N) is 6. The first-order valence-electron chi connectivity index (χ1n) is 42.2. The largest absolute Gasteiger partial charge is 0.419 e. The number of carbonyl (C=O) groups is 6. The van der Waals surface area contributed by atoms with E-state index < -0.39 is 35.8 Å². The average Bonchev–Trinajstić information content (AvgIpc) is 0.725. The van der Waals surface area contributed by atoms with Gasteiger partial charge in [-0.3, -0.25) is 0 Å². The fraction of sp³-hybridized carbons (Fsp3) is 0.600. The van der Waals surface area contributed by atoms with Crippen LogP contribution in [0.4, 0.5) is 0 Å². The van der Waals surface area contributed by atoms with Crippen molar-refractivity contribution >= 4 is 68.1 Å². The third kappa shape index (κ3) is 41.9. The van der Waals surface area contributed by atoms with Crippen LogP contribution in [0.15, 0.2) is 110 Å². The van der Waals surface area contributed by atoms with Crippen molar-refractivity contribution in [2.45, 2.75) is 311 Å². The molecule has 0 saturated carbocycles. The Labute approximate surface area is 649 Å². The van der Waals surface area contributed by atoms with Gasteiger partial charge in [0.15, 0.2) is 34.5 Å². The normalized spacial score (nSPS) is 11.7. The summed E-state index contributed by atoms with van der Waals surface area (Å²) in [6.07, 6.45) is 64.4. The zero-order chi connectivity index (χ0) is 77.5. The van der Waals surface area contributed by atoms with Crippen molar-refractivity contribution in [2.24, 2.45) is 0 Å². The van der Waals surface area contributed by atoms with Crippen LogP contribution in [0.3, 0.4) is 0 Å². The number of esters is 6. The second kappa shape index (κ2) is 61.6. The predicted octanol–water partition coefficient (Wildman–Crippen LogP) is 21.7. The molecule has 0 aromatic heterocycles. The van der Waals surface area contributed by atoms with Crippen LogP contribution in [0.2, 0.25) is 0 Å². The molecule has 4 aromatic rings. The molecule has 0 radical (unpaired) electrons.